The van der Waals surface area contributed by atoms with Crippen LogP contribution in [0.25, 0.3) is 0 Å². The molecule has 104 valence electrons. The first-order valence-electron chi connectivity index (χ1n) is 6.95. The van der Waals surface area contributed by atoms with Crippen molar-refractivity contribution < 1.29 is 9.53 Å². The SMILES string of the molecule is CC1CC(C)CC(C(=O)COc2ccc(Cl)cc2)C1. The second-order valence-corrected chi connectivity index (χ2v) is 6.26. The summed E-state index contributed by atoms with van der Waals surface area (Å²) < 4.78 is 5.54. The summed E-state index contributed by atoms with van der Waals surface area (Å²) in [6, 6.07) is 7.13. The Morgan fingerprint density at radius 3 is 2.32 bits per heavy atom. The molecule has 0 N–H and O–H groups in total. The molecule has 0 aliphatic heterocycles. The molecular formula is C16H21ClO2. The number of rotatable bonds is 4. The van der Waals surface area contributed by atoms with Gasteiger partial charge in [-0.3, -0.25) is 4.79 Å². The van der Waals surface area contributed by atoms with Crippen LogP contribution in [0.15, 0.2) is 24.3 Å². The minimum Gasteiger partial charge on any atom is -0.486 e. The Morgan fingerprint density at radius 1 is 1.16 bits per heavy atom. The number of halogens is 1. The number of ketones is 1. The van der Waals surface area contributed by atoms with Gasteiger partial charge in [0.1, 0.15) is 12.4 Å². The van der Waals surface area contributed by atoms with E-state index in [4.69, 9.17) is 16.3 Å². The fourth-order valence-corrected chi connectivity index (χ4v) is 3.14. The standard InChI is InChI=1S/C16H21ClO2/c1-11-7-12(2)9-13(8-11)16(18)10-19-15-5-3-14(17)4-6-15/h3-6,11-13H,7-10H2,1-2H3. The van der Waals surface area contributed by atoms with E-state index in [-0.39, 0.29) is 18.3 Å². The average molecular weight is 281 g/mol. The van der Waals surface area contributed by atoms with Crippen LogP contribution in [0.1, 0.15) is 33.1 Å². The summed E-state index contributed by atoms with van der Waals surface area (Å²) in [5.74, 6) is 2.40. The largest absolute Gasteiger partial charge is 0.486 e. The van der Waals surface area contributed by atoms with Crippen molar-refractivity contribution in [3.8, 4) is 5.75 Å². The lowest BCUT2D eigenvalue weighted by atomic mass is 9.75. The molecule has 1 aliphatic rings. The van der Waals surface area contributed by atoms with Gasteiger partial charge in [-0.1, -0.05) is 25.4 Å². The van der Waals surface area contributed by atoms with E-state index < -0.39 is 0 Å². The third-order valence-corrected chi connectivity index (χ3v) is 4.08. The quantitative estimate of drug-likeness (QED) is 0.819. The first-order chi connectivity index (χ1) is 9.04. The van der Waals surface area contributed by atoms with Gasteiger partial charge in [-0.25, -0.2) is 0 Å². The molecule has 0 heterocycles. The van der Waals surface area contributed by atoms with Crippen molar-refractivity contribution in [3.63, 3.8) is 0 Å². The average Bonchev–Trinajstić information content (AvgIpc) is 2.36. The second kappa shape index (κ2) is 6.42. The fraction of sp³-hybridized carbons (Fsp3) is 0.562. The lowest BCUT2D eigenvalue weighted by Gasteiger charge is -2.30. The number of Topliss-reactive ketones (excluding diaryl/α,β-unsaturated/α-hetero) is 1. The monoisotopic (exact) mass is 280 g/mol. The second-order valence-electron chi connectivity index (χ2n) is 5.82. The van der Waals surface area contributed by atoms with E-state index in [0.717, 1.165) is 12.8 Å². The molecule has 0 aromatic heterocycles. The molecule has 19 heavy (non-hydrogen) atoms. The Morgan fingerprint density at radius 2 is 1.74 bits per heavy atom. The molecule has 1 saturated carbocycles. The van der Waals surface area contributed by atoms with Crippen molar-refractivity contribution in [1.82, 2.24) is 0 Å². The van der Waals surface area contributed by atoms with Crippen LogP contribution in [0.4, 0.5) is 0 Å². The maximum Gasteiger partial charge on any atom is 0.173 e. The number of ether oxygens (including phenoxy) is 1. The molecule has 0 saturated heterocycles. The molecule has 0 amide bonds. The number of carbonyl (C=O) groups is 1. The highest BCUT2D eigenvalue weighted by Crippen LogP contribution is 2.33. The summed E-state index contributed by atoms with van der Waals surface area (Å²) in [5, 5.41) is 0.675. The van der Waals surface area contributed by atoms with Crippen LogP contribution in [0.5, 0.6) is 5.75 Å². The topological polar surface area (TPSA) is 26.3 Å². The minimum absolute atomic E-state index is 0.172. The number of hydrogen-bond donors (Lipinski definition) is 0. The zero-order valence-electron chi connectivity index (χ0n) is 11.6. The molecule has 2 nitrogen and oxygen atoms in total. The first-order valence-corrected chi connectivity index (χ1v) is 7.33. The summed E-state index contributed by atoms with van der Waals surface area (Å²) in [4.78, 5) is 12.2. The van der Waals surface area contributed by atoms with E-state index in [9.17, 15) is 4.79 Å². The smallest absolute Gasteiger partial charge is 0.173 e. The maximum atomic E-state index is 12.2. The first kappa shape index (κ1) is 14.4. The lowest BCUT2D eigenvalue weighted by Crippen LogP contribution is -2.29. The summed E-state index contributed by atoms with van der Waals surface area (Å²) in [6.07, 6.45) is 3.25. The summed E-state index contributed by atoms with van der Waals surface area (Å²) in [6.45, 7) is 4.64. The Balaban J connectivity index is 1.85. The van der Waals surface area contributed by atoms with Gasteiger partial charge in [0.25, 0.3) is 0 Å². The molecule has 1 aliphatic carbocycles. The molecule has 0 bridgehead atoms. The molecule has 2 atom stereocenters. The van der Waals surface area contributed by atoms with Gasteiger partial charge in [-0.05, 0) is 55.4 Å². The Bertz CT molecular complexity index is 417. The van der Waals surface area contributed by atoms with Crippen LogP contribution in [-0.4, -0.2) is 12.4 Å². The molecule has 0 spiro atoms. The van der Waals surface area contributed by atoms with E-state index in [1.54, 1.807) is 24.3 Å². The zero-order valence-corrected chi connectivity index (χ0v) is 12.3. The molecule has 3 heteroatoms. The van der Waals surface area contributed by atoms with Gasteiger partial charge in [-0.15, -0.1) is 0 Å². The zero-order chi connectivity index (χ0) is 13.8. The van der Waals surface area contributed by atoms with Crippen LogP contribution in [0, 0.1) is 17.8 Å². The summed E-state index contributed by atoms with van der Waals surface area (Å²) in [5.41, 5.74) is 0. The molecule has 1 aromatic rings. The van der Waals surface area contributed by atoms with Crippen molar-refractivity contribution in [2.45, 2.75) is 33.1 Å². The van der Waals surface area contributed by atoms with Gasteiger partial charge in [0.05, 0.1) is 0 Å². The third-order valence-electron chi connectivity index (χ3n) is 3.83. The molecular weight excluding hydrogens is 260 g/mol. The number of carbonyl (C=O) groups excluding carboxylic acids is 1. The predicted molar refractivity (Wildman–Crippen MR) is 77.6 cm³/mol. The third kappa shape index (κ3) is 4.24. The van der Waals surface area contributed by atoms with Crippen LogP contribution in [-0.2, 0) is 4.79 Å². The molecule has 0 radical (unpaired) electrons. The molecule has 1 aromatic carbocycles. The van der Waals surface area contributed by atoms with Gasteiger partial charge in [0.2, 0.25) is 0 Å². The highest BCUT2D eigenvalue weighted by molar-refractivity contribution is 6.30. The van der Waals surface area contributed by atoms with E-state index in [1.165, 1.54) is 6.42 Å². The van der Waals surface area contributed by atoms with E-state index in [2.05, 4.69) is 13.8 Å². The van der Waals surface area contributed by atoms with Crippen molar-refractivity contribution in [3.05, 3.63) is 29.3 Å². The number of hydrogen-bond acceptors (Lipinski definition) is 2. The van der Waals surface area contributed by atoms with Crippen molar-refractivity contribution in [1.29, 1.82) is 0 Å². The van der Waals surface area contributed by atoms with Gasteiger partial charge in [0.15, 0.2) is 5.78 Å². The number of benzene rings is 1. The van der Waals surface area contributed by atoms with Crippen LogP contribution < -0.4 is 4.74 Å². The van der Waals surface area contributed by atoms with Crippen LogP contribution in [0.2, 0.25) is 5.02 Å². The van der Waals surface area contributed by atoms with Gasteiger partial charge >= 0.3 is 0 Å². The van der Waals surface area contributed by atoms with Gasteiger partial charge in [-0.2, -0.15) is 0 Å². The van der Waals surface area contributed by atoms with Crippen LogP contribution in [0.3, 0.4) is 0 Å². The van der Waals surface area contributed by atoms with Crippen molar-refractivity contribution in [2.24, 2.45) is 17.8 Å². The molecule has 2 rings (SSSR count). The highest BCUT2D eigenvalue weighted by Gasteiger charge is 2.28. The van der Waals surface area contributed by atoms with Gasteiger partial charge in [0, 0.05) is 10.9 Å². The van der Waals surface area contributed by atoms with Crippen molar-refractivity contribution >= 4 is 17.4 Å². The maximum absolute atomic E-state index is 12.2. The molecule has 2 unspecified atom stereocenters. The van der Waals surface area contributed by atoms with Gasteiger partial charge < -0.3 is 4.74 Å². The minimum atomic E-state index is 0.172. The Hall–Kier alpha value is -1.02. The Labute approximate surface area is 120 Å². The van der Waals surface area contributed by atoms with E-state index >= 15 is 0 Å². The normalized spacial score (nSPS) is 27.0. The Kier molecular flexibility index (Phi) is 4.87. The highest BCUT2D eigenvalue weighted by atomic mass is 35.5. The van der Waals surface area contributed by atoms with Crippen molar-refractivity contribution in [2.75, 3.05) is 6.61 Å². The summed E-state index contributed by atoms with van der Waals surface area (Å²) in [7, 11) is 0. The predicted octanol–water partition coefficient (Wildman–Crippen LogP) is 4.36. The van der Waals surface area contributed by atoms with Crippen LogP contribution >= 0.6 is 11.6 Å². The van der Waals surface area contributed by atoms with E-state index in [1.807, 2.05) is 0 Å². The van der Waals surface area contributed by atoms with E-state index in [0.29, 0.717) is 22.6 Å². The molecule has 1 fully saturated rings. The lowest BCUT2D eigenvalue weighted by molar-refractivity contribution is -0.126. The summed E-state index contributed by atoms with van der Waals surface area (Å²) >= 11 is 5.81. The fourth-order valence-electron chi connectivity index (χ4n) is 3.01.